The predicted octanol–water partition coefficient (Wildman–Crippen LogP) is 6.29. The average molecular weight is 412 g/mol. The number of aryl methyl sites for hydroxylation is 1. The summed E-state index contributed by atoms with van der Waals surface area (Å²) in [5.41, 5.74) is 3.18. The first-order valence-electron chi connectivity index (χ1n) is 10.2. The van der Waals surface area contributed by atoms with E-state index in [0.717, 1.165) is 11.1 Å². The number of hydrogen-bond acceptors (Lipinski definition) is 4. The molecule has 0 aliphatic heterocycles. The second-order valence-corrected chi connectivity index (χ2v) is 8.67. The number of carbonyl (C=O) groups excluding carboxylic acids is 1. The van der Waals surface area contributed by atoms with Crippen LogP contribution in [0.3, 0.4) is 0 Å². The van der Waals surface area contributed by atoms with Gasteiger partial charge in [-0.25, -0.2) is 4.79 Å². The standard InChI is InChI=1S/C27H24O4/c1-17-8-7-9-19(16-17)26(29)31-25-23(28)21-10-5-6-11-22(21)30-24(25)18-12-14-20(15-13-18)27(2,3)4/h5-16H,1-4H3. The van der Waals surface area contributed by atoms with E-state index in [2.05, 4.69) is 20.8 Å². The number of para-hydroxylation sites is 1. The van der Waals surface area contributed by atoms with Gasteiger partial charge < -0.3 is 9.15 Å². The van der Waals surface area contributed by atoms with Crippen LogP contribution in [-0.4, -0.2) is 5.97 Å². The van der Waals surface area contributed by atoms with Gasteiger partial charge in [0.05, 0.1) is 10.9 Å². The van der Waals surface area contributed by atoms with Crippen LogP contribution in [-0.2, 0) is 5.41 Å². The number of fused-ring (bicyclic) bond motifs is 1. The lowest BCUT2D eigenvalue weighted by Crippen LogP contribution is -2.16. The zero-order valence-corrected chi connectivity index (χ0v) is 18.1. The largest absolute Gasteiger partial charge is 0.452 e. The minimum absolute atomic E-state index is 0.0107. The summed E-state index contributed by atoms with van der Waals surface area (Å²) in [5, 5.41) is 0.365. The minimum atomic E-state index is -0.598. The van der Waals surface area contributed by atoms with E-state index in [-0.39, 0.29) is 22.4 Å². The summed E-state index contributed by atoms with van der Waals surface area (Å²) in [6.07, 6.45) is 0. The molecule has 0 saturated heterocycles. The number of carbonyl (C=O) groups is 1. The van der Waals surface area contributed by atoms with Gasteiger partial charge in [-0.1, -0.05) is 74.9 Å². The molecule has 1 heterocycles. The maximum atomic E-state index is 13.2. The van der Waals surface area contributed by atoms with Crippen LogP contribution >= 0.6 is 0 Å². The molecule has 0 radical (unpaired) electrons. The summed E-state index contributed by atoms with van der Waals surface area (Å²) < 4.78 is 11.7. The zero-order chi connectivity index (χ0) is 22.2. The molecule has 156 valence electrons. The Hall–Kier alpha value is -3.66. The van der Waals surface area contributed by atoms with Crippen LogP contribution in [0.4, 0.5) is 0 Å². The maximum absolute atomic E-state index is 13.2. The van der Waals surface area contributed by atoms with Gasteiger partial charge in [-0.05, 0) is 42.2 Å². The van der Waals surface area contributed by atoms with Crippen molar-refractivity contribution in [3.63, 3.8) is 0 Å². The molecule has 0 unspecified atom stereocenters. The lowest BCUT2D eigenvalue weighted by Gasteiger charge is -2.19. The third-order valence-corrected chi connectivity index (χ3v) is 5.22. The van der Waals surface area contributed by atoms with Gasteiger partial charge in [0.2, 0.25) is 11.2 Å². The van der Waals surface area contributed by atoms with Gasteiger partial charge in [-0.15, -0.1) is 0 Å². The summed E-state index contributed by atoms with van der Waals surface area (Å²) in [5.74, 6) is -0.460. The second kappa shape index (κ2) is 7.88. The highest BCUT2D eigenvalue weighted by Gasteiger charge is 2.22. The quantitative estimate of drug-likeness (QED) is 0.371. The Morgan fingerprint density at radius 3 is 2.29 bits per heavy atom. The number of esters is 1. The number of rotatable bonds is 3. The van der Waals surface area contributed by atoms with E-state index in [1.807, 2.05) is 37.3 Å². The third-order valence-electron chi connectivity index (χ3n) is 5.22. The molecular weight excluding hydrogens is 388 g/mol. The Labute approximate surface area is 181 Å². The smallest absolute Gasteiger partial charge is 0.343 e. The summed E-state index contributed by atoms with van der Waals surface area (Å²) in [6, 6.07) is 21.8. The Morgan fingerprint density at radius 1 is 0.903 bits per heavy atom. The first-order valence-corrected chi connectivity index (χ1v) is 10.2. The summed E-state index contributed by atoms with van der Waals surface area (Å²) >= 11 is 0. The molecule has 0 aliphatic carbocycles. The molecule has 0 spiro atoms. The van der Waals surface area contributed by atoms with Crippen LogP contribution in [0.15, 0.2) is 82.0 Å². The Bertz CT molecular complexity index is 1320. The van der Waals surface area contributed by atoms with Crippen molar-refractivity contribution in [2.75, 3.05) is 0 Å². The summed E-state index contributed by atoms with van der Waals surface area (Å²) in [7, 11) is 0. The lowest BCUT2D eigenvalue weighted by molar-refractivity contribution is 0.0731. The first-order chi connectivity index (χ1) is 14.7. The van der Waals surface area contributed by atoms with E-state index >= 15 is 0 Å². The molecule has 0 saturated carbocycles. The van der Waals surface area contributed by atoms with Gasteiger partial charge >= 0.3 is 5.97 Å². The molecular formula is C27H24O4. The van der Waals surface area contributed by atoms with Gasteiger partial charge in [-0.3, -0.25) is 4.79 Å². The molecule has 0 bridgehead atoms. The molecule has 31 heavy (non-hydrogen) atoms. The van der Waals surface area contributed by atoms with Gasteiger partial charge in [-0.2, -0.15) is 0 Å². The second-order valence-electron chi connectivity index (χ2n) is 8.67. The maximum Gasteiger partial charge on any atom is 0.343 e. The highest BCUT2D eigenvalue weighted by molar-refractivity contribution is 5.93. The van der Waals surface area contributed by atoms with E-state index in [1.54, 1.807) is 42.5 Å². The minimum Gasteiger partial charge on any atom is -0.452 e. The third kappa shape index (κ3) is 4.15. The van der Waals surface area contributed by atoms with Crippen molar-refractivity contribution in [1.29, 1.82) is 0 Å². The van der Waals surface area contributed by atoms with Gasteiger partial charge in [0.1, 0.15) is 5.58 Å². The van der Waals surface area contributed by atoms with Gasteiger partial charge in [0.25, 0.3) is 0 Å². The lowest BCUT2D eigenvalue weighted by atomic mass is 9.86. The molecule has 0 amide bonds. The van der Waals surface area contributed by atoms with E-state index in [0.29, 0.717) is 22.1 Å². The number of ether oxygens (including phenoxy) is 1. The number of benzene rings is 3. The molecule has 1 aromatic heterocycles. The van der Waals surface area contributed by atoms with Crippen LogP contribution in [0.1, 0.15) is 42.3 Å². The van der Waals surface area contributed by atoms with Crippen LogP contribution in [0, 0.1) is 6.92 Å². The normalized spacial score (nSPS) is 11.5. The van der Waals surface area contributed by atoms with Crippen LogP contribution in [0.5, 0.6) is 5.75 Å². The molecule has 0 aliphatic rings. The van der Waals surface area contributed by atoms with Crippen molar-refractivity contribution in [1.82, 2.24) is 0 Å². The zero-order valence-electron chi connectivity index (χ0n) is 18.1. The van der Waals surface area contributed by atoms with Crippen LogP contribution in [0.2, 0.25) is 0 Å². The van der Waals surface area contributed by atoms with E-state index in [4.69, 9.17) is 9.15 Å². The fraction of sp³-hybridized carbons (Fsp3) is 0.185. The molecule has 0 fully saturated rings. The van der Waals surface area contributed by atoms with Crippen molar-refractivity contribution in [2.45, 2.75) is 33.1 Å². The van der Waals surface area contributed by atoms with E-state index in [1.165, 1.54) is 0 Å². The van der Waals surface area contributed by atoms with Crippen molar-refractivity contribution in [2.24, 2.45) is 0 Å². The van der Waals surface area contributed by atoms with Crippen molar-refractivity contribution >= 4 is 16.9 Å². The molecule has 4 nitrogen and oxygen atoms in total. The van der Waals surface area contributed by atoms with Gasteiger partial charge in [0, 0.05) is 5.56 Å². The molecule has 4 rings (SSSR count). The monoisotopic (exact) mass is 412 g/mol. The molecule has 0 atom stereocenters. The van der Waals surface area contributed by atoms with Crippen molar-refractivity contribution in [3.05, 3.63) is 99.7 Å². The molecule has 4 heteroatoms. The Morgan fingerprint density at radius 2 is 1.61 bits per heavy atom. The Balaban J connectivity index is 1.86. The van der Waals surface area contributed by atoms with E-state index < -0.39 is 5.97 Å². The van der Waals surface area contributed by atoms with Crippen molar-refractivity contribution in [3.8, 4) is 17.1 Å². The van der Waals surface area contributed by atoms with Crippen LogP contribution in [0.25, 0.3) is 22.3 Å². The molecule has 0 N–H and O–H groups in total. The average Bonchev–Trinajstić information content (AvgIpc) is 2.75. The highest BCUT2D eigenvalue weighted by Crippen LogP contribution is 2.33. The SMILES string of the molecule is Cc1cccc(C(=O)Oc2c(-c3ccc(C(C)(C)C)cc3)oc3ccccc3c2=O)c1. The van der Waals surface area contributed by atoms with Gasteiger partial charge in [0.15, 0.2) is 5.76 Å². The highest BCUT2D eigenvalue weighted by atomic mass is 16.5. The molecule has 3 aromatic carbocycles. The van der Waals surface area contributed by atoms with Crippen molar-refractivity contribution < 1.29 is 13.9 Å². The summed E-state index contributed by atoms with van der Waals surface area (Å²) in [4.78, 5) is 26.1. The summed E-state index contributed by atoms with van der Waals surface area (Å²) in [6.45, 7) is 8.29. The fourth-order valence-electron chi connectivity index (χ4n) is 3.45. The first kappa shape index (κ1) is 20.6. The number of hydrogen-bond donors (Lipinski definition) is 0. The van der Waals surface area contributed by atoms with E-state index in [9.17, 15) is 9.59 Å². The molecule has 4 aromatic rings. The predicted molar refractivity (Wildman–Crippen MR) is 123 cm³/mol. The fourth-order valence-corrected chi connectivity index (χ4v) is 3.45. The van der Waals surface area contributed by atoms with Crippen LogP contribution < -0.4 is 10.2 Å². The topological polar surface area (TPSA) is 56.5 Å². The Kier molecular flexibility index (Phi) is 5.24.